The third kappa shape index (κ3) is 2.29. The van der Waals surface area contributed by atoms with Crippen molar-refractivity contribution in [2.45, 2.75) is 5.92 Å². The normalized spacial score (nSPS) is 15.1. The third-order valence-corrected chi connectivity index (χ3v) is 3.58. The molecule has 0 radical (unpaired) electrons. The van der Waals surface area contributed by atoms with Crippen LogP contribution in [0.3, 0.4) is 0 Å². The molecule has 2 aromatic rings. The lowest BCUT2D eigenvalue weighted by Gasteiger charge is -2.41. The van der Waals surface area contributed by atoms with E-state index < -0.39 is 0 Å². The third-order valence-electron chi connectivity index (χ3n) is 3.58. The maximum atomic E-state index is 10.6. The molecule has 0 N–H and O–H groups in total. The van der Waals surface area contributed by atoms with E-state index in [1.54, 1.807) is 12.1 Å². The number of hydrogen-bond donors (Lipinski definition) is 0. The fourth-order valence-corrected chi connectivity index (χ4v) is 2.41. The lowest BCUT2D eigenvalue weighted by atomic mass is 9.91. The van der Waals surface area contributed by atoms with Gasteiger partial charge in [-0.1, -0.05) is 30.3 Å². The molecule has 96 valence electrons. The molecule has 1 aliphatic heterocycles. The Morgan fingerprint density at radius 1 is 1.00 bits per heavy atom. The summed E-state index contributed by atoms with van der Waals surface area (Å²) in [6, 6.07) is 17.2. The summed E-state index contributed by atoms with van der Waals surface area (Å²) in [6.45, 7) is 1.95. The SMILES string of the molecule is O=[N+]([O-])c1ccc(N2CC(c3ccccc3)C2)cc1. The van der Waals surface area contributed by atoms with E-state index in [4.69, 9.17) is 0 Å². The first-order valence-electron chi connectivity index (χ1n) is 6.28. The quantitative estimate of drug-likeness (QED) is 0.624. The van der Waals surface area contributed by atoms with Gasteiger partial charge in [0, 0.05) is 36.8 Å². The van der Waals surface area contributed by atoms with Gasteiger partial charge in [-0.05, 0) is 17.7 Å². The van der Waals surface area contributed by atoms with E-state index in [2.05, 4.69) is 29.2 Å². The minimum absolute atomic E-state index is 0.142. The van der Waals surface area contributed by atoms with Crippen LogP contribution in [-0.2, 0) is 0 Å². The zero-order valence-corrected chi connectivity index (χ0v) is 10.4. The summed E-state index contributed by atoms with van der Waals surface area (Å²) in [5.41, 5.74) is 2.56. The minimum atomic E-state index is -0.368. The molecule has 1 saturated heterocycles. The number of anilines is 1. The van der Waals surface area contributed by atoms with Crippen LogP contribution < -0.4 is 4.90 Å². The van der Waals surface area contributed by atoms with Gasteiger partial charge in [0.05, 0.1) is 4.92 Å². The lowest BCUT2D eigenvalue weighted by molar-refractivity contribution is -0.384. The van der Waals surface area contributed by atoms with E-state index in [9.17, 15) is 10.1 Å². The van der Waals surface area contributed by atoms with Crippen LogP contribution in [0.5, 0.6) is 0 Å². The highest BCUT2D eigenvalue weighted by atomic mass is 16.6. The average Bonchev–Trinajstić information content (AvgIpc) is 2.39. The van der Waals surface area contributed by atoms with Gasteiger partial charge in [-0.2, -0.15) is 0 Å². The van der Waals surface area contributed by atoms with Gasteiger partial charge in [0.1, 0.15) is 0 Å². The van der Waals surface area contributed by atoms with Crippen LogP contribution in [0, 0.1) is 10.1 Å². The zero-order chi connectivity index (χ0) is 13.2. The minimum Gasteiger partial charge on any atom is -0.370 e. The Kier molecular flexibility index (Phi) is 2.91. The Morgan fingerprint density at radius 3 is 2.21 bits per heavy atom. The molecule has 0 aromatic heterocycles. The zero-order valence-electron chi connectivity index (χ0n) is 10.4. The molecule has 3 rings (SSSR count). The number of rotatable bonds is 3. The Balaban J connectivity index is 1.66. The fraction of sp³-hybridized carbons (Fsp3) is 0.200. The van der Waals surface area contributed by atoms with Gasteiger partial charge in [0.15, 0.2) is 0 Å². The van der Waals surface area contributed by atoms with E-state index in [0.717, 1.165) is 18.8 Å². The maximum absolute atomic E-state index is 10.6. The number of benzene rings is 2. The first-order valence-corrected chi connectivity index (χ1v) is 6.28. The molecule has 4 heteroatoms. The van der Waals surface area contributed by atoms with Crippen molar-refractivity contribution >= 4 is 11.4 Å². The molecule has 0 aliphatic carbocycles. The Bertz CT molecular complexity index is 575. The molecular formula is C15H14N2O2. The van der Waals surface area contributed by atoms with Gasteiger partial charge in [0.2, 0.25) is 0 Å². The molecule has 0 atom stereocenters. The van der Waals surface area contributed by atoms with Crippen LogP contribution in [-0.4, -0.2) is 18.0 Å². The van der Waals surface area contributed by atoms with Gasteiger partial charge < -0.3 is 4.90 Å². The van der Waals surface area contributed by atoms with Gasteiger partial charge >= 0.3 is 0 Å². The van der Waals surface area contributed by atoms with Gasteiger partial charge in [-0.15, -0.1) is 0 Å². The van der Waals surface area contributed by atoms with Crippen molar-refractivity contribution in [2.24, 2.45) is 0 Å². The van der Waals surface area contributed by atoms with Crippen LogP contribution in [0.1, 0.15) is 11.5 Å². The molecule has 0 amide bonds. The Hall–Kier alpha value is -2.36. The van der Waals surface area contributed by atoms with E-state index in [1.807, 2.05) is 18.2 Å². The smallest absolute Gasteiger partial charge is 0.269 e. The standard InChI is InChI=1S/C15H14N2O2/c18-17(19)15-8-6-14(7-9-15)16-10-13(11-16)12-4-2-1-3-5-12/h1-9,13H,10-11H2. The molecule has 0 bridgehead atoms. The fourth-order valence-electron chi connectivity index (χ4n) is 2.41. The number of hydrogen-bond acceptors (Lipinski definition) is 3. The number of nitrogens with zero attached hydrogens (tertiary/aromatic N) is 2. The second-order valence-electron chi connectivity index (χ2n) is 4.79. The van der Waals surface area contributed by atoms with Crippen LogP contribution in [0.4, 0.5) is 11.4 Å². The van der Waals surface area contributed by atoms with Crippen molar-refractivity contribution in [3.8, 4) is 0 Å². The summed E-state index contributed by atoms with van der Waals surface area (Å²) in [5.74, 6) is 0.566. The van der Waals surface area contributed by atoms with Crippen molar-refractivity contribution in [3.63, 3.8) is 0 Å². The van der Waals surface area contributed by atoms with E-state index >= 15 is 0 Å². The van der Waals surface area contributed by atoms with Gasteiger partial charge in [0.25, 0.3) is 5.69 Å². The largest absolute Gasteiger partial charge is 0.370 e. The van der Waals surface area contributed by atoms with Crippen LogP contribution in [0.25, 0.3) is 0 Å². The molecule has 19 heavy (non-hydrogen) atoms. The van der Waals surface area contributed by atoms with Crippen molar-refractivity contribution < 1.29 is 4.92 Å². The maximum Gasteiger partial charge on any atom is 0.269 e. The second kappa shape index (κ2) is 4.72. The summed E-state index contributed by atoms with van der Waals surface area (Å²) in [6.07, 6.45) is 0. The van der Waals surface area contributed by atoms with Gasteiger partial charge in [-0.3, -0.25) is 10.1 Å². The van der Waals surface area contributed by atoms with Crippen LogP contribution >= 0.6 is 0 Å². The molecule has 0 spiro atoms. The molecule has 1 aliphatic rings. The van der Waals surface area contributed by atoms with E-state index in [1.165, 1.54) is 5.56 Å². The summed E-state index contributed by atoms with van der Waals surface area (Å²) >= 11 is 0. The van der Waals surface area contributed by atoms with E-state index in [-0.39, 0.29) is 10.6 Å². The summed E-state index contributed by atoms with van der Waals surface area (Å²) < 4.78 is 0. The molecule has 1 heterocycles. The lowest BCUT2D eigenvalue weighted by Crippen LogP contribution is -2.44. The predicted octanol–water partition coefficient (Wildman–Crippen LogP) is 3.20. The molecule has 0 saturated carbocycles. The molecule has 0 unspecified atom stereocenters. The number of nitro groups is 1. The molecular weight excluding hydrogens is 240 g/mol. The summed E-state index contributed by atoms with van der Waals surface area (Å²) in [5, 5.41) is 10.6. The monoisotopic (exact) mass is 254 g/mol. The molecule has 2 aromatic carbocycles. The average molecular weight is 254 g/mol. The Labute approximate surface area is 111 Å². The van der Waals surface area contributed by atoms with Crippen molar-refractivity contribution in [2.75, 3.05) is 18.0 Å². The highest BCUT2D eigenvalue weighted by Gasteiger charge is 2.28. The topological polar surface area (TPSA) is 46.4 Å². The first-order chi connectivity index (χ1) is 9.24. The second-order valence-corrected chi connectivity index (χ2v) is 4.79. The van der Waals surface area contributed by atoms with Crippen molar-refractivity contribution in [1.29, 1.82) is 0 Å². The summed E-state index contributed by atoms with van der Waals surface area (Å²) in [7, 11) is 0. The number of non-ortho nitro benzene ring substituents is 1. The van der Waals surface area contributed by atoms with Gasteiger partial charge in [-0.25, -0.2) is 0 Å². The highest BCUT2D eigenvalue weighted by molar-refractivity contribution is 5.54. The van der Waals surface area contributed by atoms with Crippen LogP contribution in [0.2, 0.25) is 0 Å². The molecule has 1 fully saturated rings. The summed E-state index contributed by atoms with van der Waals surface area (Å²) in [4.78, 5) is 12.5. The Morgan fingerprint density at radius 2 is 1.63 bits per heavy atom. The number of nitro benzene ring substituents is 1. The first kappa shape index (κ1) is 11.7. The highest BCUT2D eigenvalue weighted by Crippen LogP contribution is 2.32. The van der Waals surface area contributed by atoms with Crippen molar-refractivity contribution in [1.82, 2.24) is 0 Å². The van der Waals surface area contributed by atoms with E-state index in [0.29, 0.717) is 5.92 Å². The van der Waals surface area contributed by atoms with Crippen LogP contribution in [0.15, 0.2) is 54.6 Å². The van der Waals surface area contributed by atoms with Crippen molar-refractivity contribution in [3.05, 3.63) is 70.3 Å². The predicted molar refractivity (Wildman–Crippen MR) is 74.5 cm³/mol. The molecule has 4 nitrogen and oxygen atoms in total.